The zero-order valence-corrected chi connectivity index (χ0v) is 22.3. The van der Waals surface area contributed by atoms with Gasteiger partial charge in [-0.3, -0.25) is 28.8 Å². The molecule has 0 saturated carbocycles. The van der Waals surface area contributed by atoms with Gasteiger partial charge in [0.15, 0.2) is 36.8 Å². The van der Waals surface area contributed by atoms with Crippen LogP contribution in [0.15, 0.2) is 12.3 Å². The molecular weight excluding hydrogens is 528 g/mol. The maximum absolute atomic E-state index is 12.0. The van der Waals surface area contributed by atoms with E-state index in [9.17, 15) is 28.8 Å². The predicted molar refractivity (Wildman–Crippen MR) is 123 cm³/mol. The van der Waals surface area contributed by atoms with Crippen LogP contribution in [0.25, 0.3) is 0 Å². The van der Waals surface area contributed by atoms with Gasteiger partial charge in [-0.25, -0.2) is 0 Å². The maximum Gasteiger partial charge on any atom is 0.303 e. The first-order valence-corrected chi connectivity index (χ1v) is 11.9. The van der Waals surface area contributed by atoms with Gasteiger partial charge >= 0.3 is 35.8 Å². The van der Waals surface area contributed by atoms with E-state index in [0.717, 1.165) is 34.6 Å². The Kier molecular flexibility index (Phi) is 11.7. The van der Waals surface area contributed by atoms with Crippen molar-refractivity contribution in [3.8, 4) is 0 Å². The van der Waals surface area contributed by atoms with Crippen LogP contribution >= 0.6 is 0 Å². The first-order valence-electron chi connectivity index (χ1n) is 11.9. The van der Waals surface area contributed by atoms with E-state index in [1.165, 1.54) is 19.3 Å². The Hall–Kier alpha value is -3.72. The van der Waals surface area contributed by atoms with Crippen molar-refractivity contribution in [2.45, 2.75) is 90.6 Å². The van der Waals surface area contributed by atoms with Crippen molar-refractivity contribution in [1.29, 1.82) is 0 Å². The van der Waals surface area contributed by atoms with Crippen LogP contribution in [0, 0.1) is 0 Å². The third kappa shape index (κ3) is 9.83. The van der Waals surface area contributed by atoms with E-state index in [-0.39, 0.29) is 6.61 Å². The van der Waals surface area contributed by atoms with E-state index in [2.05, 4.69) is 0 Å². The monoisotopic (exact) mass is 560 g/mol. The van der Waals surface area contributed by atoms with Crippen LogP contribution in [0.5, 0.6) is 0 Å². The van der Waals surface area contributed by atoms with Gasteiger partial charge < -0.3 is 42.6 Å². The second-order valence-corrected chi connectivity index (χ2v) is 8.55. The minimum Gasteiger partial charge on any atom is -0.492 e. The van der Waals surface area contributed by atoms with Gasteiger partial charge in [0.05, 0.1) is 6.26 Å². The molecule has 0 amide bonds. The Morgan fingerprint density at radius 1 is 0.590 bits per heavy atom. The van der Waals surface area contributed by atoms with Gasteiger partial charge in [-0.15, -0.1) is 0 Å². The van der Waals surface area contributed by atoms with Gasteiger partial charge in [-0.05, 0) is 6.08 Å². The largest absolute Gasteiger partial charge is 0.492 e. The molecule has 0 aromatic rings. The van der Waals surface area contributed by atoms with Gasteiger partial charge in [-0.1, -0.05) is 0 Å². The molecule has 2 rings (SSSR count). The number of hydrogen-bond donors (Lipinski definition) is 0. The average molecular weight is 561 g/mol. The van der Waals surface area contributed by atoms with Crippen molar-refractivity contribution < 1.29 is 71.4 Å². The molecule has 0 radical (unpaired) electrons. The number of carbonyl (C=O) groups excluding carboxylic acids is 6. The van der Waals surface area contributed by atoms with Crippen LogP contribution in [0.4, 0.5) is 0 Å². The van der Waals surface area contributed by atoms with Gasteiger partial charge in [0.25, 0.3) is 0 Å². The minimum absolute atomic E-state index is 0.326. The van der Waals surface area contributed by atoms with Crippen LogP contribution in [-0.2, 0) is 71.4 Å². The Bertz CT molecular complexity index is 959. The Balaban J connectivity index is 2.52. The molecule has 0 aliphatic carbocycles. The van der Waals surface area contributed by atoms with E-state index in [0.29, 0.717) is 0 Å². The third-order valence-electron chi connectivity index (χ3n) is 5.20. The summed E-state index contributed by atoms with van der Waals surface area (Å²) in [6, 6.07) is 0. The fourth-order valence-electron chi connectivity index (χ4n) is 3.87. The molecule has 2 aliphatic heterocycles. The topological polar surface area (TPSA) is 185 Å². The molecule has 0 unspecified atom stereocenters. The molecule has 0 aromatic carbocycles. The van der Waals surface area contributed by atoms with Crippen molar-refractivity contribution in [2.24, 2.45) is 0 Å². The summed E-state index contributed by atoms with van der Waals surface area (Å²) in [5.41, 5.74) is 0. The van der Waals surface area contributed by atoms with Crippen LogP contribution in [-0.4, -0.2) is 98.0 Å². The Morgan fingerprint density at radius 3 is 1.59 bits per heavy atom. The lowest BCUT2D eigenvalue weighted by Gasteiger charge is -2.46. The second kappa shape index (κ2) is 14.4. The molecule has 2 heterocycles. The summed E-state index contributed by atoms with van der Waals surface area (Å²) >= 11 is 0. The fourth-order valence-corrected chi connectivity index (χ4v) is 3.87. The highest BCUT2D eigenvalue weighted by molar-refractivity contribution is 5.69. The van der Waals surface area contributed by atoms with Crippen molar-refractivity contribution in [3.05, 3.63) is 12.3 Å². The zero-order chi connectivity index (χ0) is 29.3. The molecular formula is C24H32O15. The predicted octanol–water partition coefficient (Wildman–Crippen LogP) is -0.138. The fraction of sp³-hybridized carbons (Fsp3) is 0.667. The van der Waals surface area contributed by atoms with Gasteiger partial charge in [0.2, 0.25) is 0 Å². The zero-order valence-electron chi connectivity index (χ0n) is 22.3. The number of esters is 6. The van der Waals surface area contributed by atoms with E-state index >= 15 is 0 Å². The van der Waals surface area contributed by atoms with E-state index in [1.807, 2.05) is 0 Å². The first-order chi connectivity index (χ1) is 18.3. The molecule has 1 saturated heterocycles. The summed E-state index contributed by atoms with van der Waals surface area (Å²) in [4.78, 5) is 70.6. The second-order valence-electron chi connectivity index (χ2n) is 8.55. The van der Waals surface area contributed by atoms with Crippen molar-refractivity contribution in [1.82, 2.24) is 0 Å². The molecule has 0 spiro atoms. The summed E-state index contributed by atoms with van der Waals surface area (Å²) in [7, 11) is 0. The van der Waals surface area contributed by atoms with Crippen LogP contribution in [0.3, 0.4) is 0 Å². The van der Waals surface area contributed by atoms with Crippen molar-refractivity contribution >= 4 is 35.8 Å². The smallest absolute Gasteiger partial charge is 0.303 e. The van der Waals surface area contributed by atoms with Gasteiger partial charge in [0.1, 0.15) is 25.4 Å². The molecule has 0 bridgehead atoms. The lowest BCUT2D eigenvalue weighted by atomic mass is 9.97. The summed E-state index contributed by atoms with van der Waals surface area (Å²) in [6.07, 6.45) is -7.97. The van der Waals surface area contributed by atoms with Gasteiger partial charge in [0, 0.05) is 41.5 Å². The normalized spacial score (nSPS) is 29.7. The molecule has 0 N–H and O–H groups in total. The van der Waals surface area contributed by atoms with E-state index < -0.39 is 91.4 Å². The Morgan fingerprint density at radius 2 is 1.08 bits per heavy atom. The number of hydrogen-bond acceptors (Lipinski definition) is 15. The molecule has 218 valence electrons. The lowest BCUT2D eigenvalue weighted by Crippen LogP contribution is -2.64. The number of ether oxygens (including phenoxy) is 9. The number of rotatable bonds is 10. The first kappa shape index (κ1) is 31.5. The summed E-state index contributed by atoms with van der Waals surface area (Å²) in [5, 5.41) is 0. The molecule has 1 fully saturated rings. The molecule has 39 heavy (non-hydrogen) atoms. The quantitative estimate of drug-likeness (QED) is 0.254. The SMILES string of the molecule is CC(=O)OC[C@H]1O[C@H](O[C@H]2[C@@H](OC(C)=O)C=CO[C@@H]2COC(C)=O)[C@H](OC(C)=O)[C@@H](OC(C)=O)[C@@H]1OC(C)=O. The van der Waals surface area contributed by atoms with Crippen LogP contribution < -0.4 is 0 Å². The molecule has 15 nitrogen and oxygen atoms in total. The van der Waals surface area contributed by atoms with E-state index in [1.54, 1.807) is 0 Å². The Labute approximate surface area is 223 Å². The molecule has 8 atom stereocenters. The highest BCUT2D eigenvalue weighted by atomic mass is 16.7. The minimum atomic E-state index is -1.58. The average Bonchev–Trinajstić information content (AvgIpc) is 2.80. The van der Waals surface area contributed by atoms with Crippen molar-refractivity contribution in [3.63, 3.8) is 0 Å². The molecule has 2 aliphatic rings. The highest BCUT2D eigenvalue weighted by Crippen LogP contribution is 2.32. The van der Waals surface area contributed by atoms with E-state index in [4.69, 9.17) is 42.6 Å². The third-order valence-corrected chi connectivity index (χ3v) is 5.20. The van der Waals surface area contributed by atoms with Gasteiger partial charge in [-0.2, -0.15) is 0 Å². The highest BCUT2D eigenvalue weighted by Gasteiger charge is 2.54. The standard InChI is InChI=1S/C24H32O15/c1-11(25)32-9-18-20(17(7-8-31-18)34-13(3)27)39-24-23(37-16(6)30)22(36-15(5)29)21(35-14(4)28)19(38-24)10-33-12(2)26/h7-8,17-24H,9-10H2,1-6H3/t17-,18+,19+,20-,21+,22-,23+,24+/m0/s1. The lowest BCUT2D eigenvalue weighted by molar-refractivity contribution is -0.328. The summed E-state index contributed by atoms with van der Waals surface area (Å²) < 4.78 is 49.0. The molecule has 0 aromatic heterocycles. The van der Waals surface area contributed by atoms with Crippen LogP contribution in [0.2, 0.25) is 0 Å². The summed E-state index contributed by atoms with van der Waals surface area (Å²) in [6.45, 7) is 5.92. The number of carbonyl (C=O) groups is 6. The molecule has 15 heteroatoms. The summed E-state index contributed by atoms with van der Waals surface area (Å²) in [5.74, 6) is -4.43. The van der Waals surface area contributed by atoms with Crippen molar-refractivity contribution in [2.75, 3.05) is 13.2 Å². The van der Waals surface area contributed by atoms with Crippen LogP contribution in [0.1, 0.15) is 41.5 Å². The maximum atomic E-state index is 12.0.